The highest BCUT2D eigenvalue weighted by Gasteiger charge is 2.38. The zero-order chi connectivity index (χ0) is 21.6. The van der Waals surface area contributed by atoms with Gasteiger partial charge in [0.25, 0.3) is 0 Å². The Kier molecular flexibility index (Phi) is 7.83. The van der Waals surface area contributed by atoms with Gasteiger partial charge in [-0.15, -0.1) is 0 Å². The number of fused-ring (bicyclic) bond motifs is 1. The second-order valence-electron chi connectivity index (χ2n) is 7.48. The Morgan fingerprint density at radius 1 is 1.31 bits per heavy atom. The van der Waals surface area contributed by atoms with Crippen LogP contribution in [-0.2, 0) is 16.1 Å². The molecule has 3 rings (SSSR count). The topological polar surface area (TPSA) is 78.7 Å². The number of alkyl halides is 3. The summed E-state index contributed by atoms with van der Waals surface area (Å²) in [5, 5.41) is 11.6. The number of halogens is 3. The average Bonchev–Trinajstić information content (AvgIpc) is 3.14. The molecule has 0 spiro atoms. The fourth-order valence-electron chi connectivity index (χ4n) is 3.40. The van der Waals surface area contributed by atoms with E-state index in [0.717, 1.165) is 50.0 Å². The first-order chi connectivity index (χ1) is 13.6. The molecule has 1 aromatic rings. The van der Waals surface area contributed by atoms with Gasteiger partial charge in [0.15, 0.2) is 0 Å². The number of aliphatic carboxylic acids is 1. The highest BCUT2D eigenvalue weighted by atomic mass is 19.4. The lowest BCUT2D eigenvalue weighted by molar-refractivity contribution is -0.192. The molecule has 0 radical (unpaired) electrons. The quantitative estimate of drug-likeness (QED) is 0.817. The molecule has 0 aromatic carbocycles. The number of allylic oxidation sites excluding steroid dienone is 1. The Morgan fingerprint density at radius 3 is 2.55 bits per heavy atom. The molecule has 1 aromatic heterocycles. The Balaban J connectivity index is 0.000000370. The minimum atomic E-state index is -5.08. The number of carboxylic acids is 1. The lowest BCUT2D eigenvalue weighted by Gasteiger charge is -2.35. The fourth-order valence-corrected chi connectivity index (χ4v) is 3.40. The number of hydrogen-bond acceptors (Lipinski definition) is 4. The molecule has 1 atom stereocenters. The predicted octanol–water partition coefficient (Wildman–Crippen LogP) is 2.85. The van der Waals surface area contributed by atoms with Crippen molar-refractivity contribution in [2.24, 2.45) is 0 Å². The zero-order valence-corrected chi connectivity index (χ0v) is 16.7. The number of carbonyl (C=O) groups is 2. The van der Waals surface area contributed by atoms with Gasteiger partial charge in [0.1, 0.15) is 0 Å². The van der Waals surface area contributed by atoms with Crippen molar-refractivity contribution in [3.63, 3.8) is 0 Å². The van der Waals surface area contributed by atoms with Crippen molar-refractivity contribution in [2.45, 2.75) is 50.9 Å². The summed E-state index contributed by atoms with van der Waals surface area (Å²) in [5.41, 5.74) is 2.17. The molecule has 162 valence electrons. The minimum Gasteiger partial charge on any atom is -0.475 e. The van der Waals surface area contributed by atoms with Gasteiger partial charge in [-0.25, -0.2) is 4.79 Å². The summed E-state index contributed by atoms with van der Waals surface area (Å²) in [6, 6.07) is 2.33. The first-order valence-electron chi connectivity index (χ1n) is 9.55. The number of hydrogen-bond donors (Lipinski definition) is 1. The second kappa shape index (κ2) is 9.91. The summed E-state index contributed by atoms with van der Waals surface area (Å²) in [5.74, 6) is -2.52. The van der Waals surface area contributed by atoms with Gasteiger partial charge in [0.2, 0.25) is 5.91 Å². The van der Waals surface area contributed by atoms with Crippen molar-refractivity contribution in [1.82, 2.24) is 19.6 Å². The van der Waals surface area contributed by atoms with Gasteiger partial charge in [-0.2, -0.15) is 18.3 Å². The molecule has 1 amide bonds. The molecule has 1 aliphatic carbocycles. The van der Waals surface area contributed by atoms with Crippen molar-refractivity contribution < 1.29 is 27.9 Å². The van der Waals surface area contributed by atoms with Gasteiger partial charge in [-0.05, 0) is 58.8 Å². The van der Waals surface area contributed by atoms with E-state index in [-0.39, 0.29) is 11.9 Å². The molecule has 2 heterocycles. The molecule has 0 saturated heterocycles. The van der Waals surface area contributed by atoms with Crippen molar-refractivity contribution in [3.8, 4) is 0 Å². The van der Waals surface area contributed by atoms with E-state index in [1.165, 1.54) is 6.42 Å². The van der Waals surface area contributed by atoms with E-state index in [1.807, 2.05) is 17.2 Å². The summed E-state index contributed by atoms with van der Waals surface area (Å²) < 4.78 is 33.8. The van der Waals surface area contributed by atoms with Crippen LogP contribution in [-0.4, -0.2) is 69.9 Å². The number of carboxylic acid groups (broad SMARTS) is 1. The molecular formula is C19H27F3N4O3. The number of amides is 1. The van der Waals surface area contributed by atoms with Crippen LogP contribution in [0.15, 0.2) is 23.9 Å². The molecule has 29 heavy (non-hydrogen) atoms. The van der Waals surface area contributed by atoms with Gasteiger partial charge in [-0.1, -0.05) is 6.08 Å². The van der Waals surface area contributed by atoms with Gasteiger partial charge >= 0.3 is 12.1 Å². The Morgan fingerprint density at radius 2 is 2.00 bits per heavy atom. The molecule has 10 heteroatoms. The second-order valence-corrected chi connectivity index (χ2v) is 7.48. The fraction of sp³-hybridized carbons (Fsp3) is 0.632. The van der Waals surface area contributed by atoms with Gasteiger partial charge in [0.05, 0.1) is 18.3 Å². The molecule has 1 unspecified atom stereocenters. The van der Waals surface area contributed by atoms with E-state index >= 15 is 0 Å². The Bertz CT molecular complexity index is 743. The third-order valence-electron chi connectivity index (χ3n) is 4.89. The zero-order valence-electron chi connectivity index (χ0n) is 16.7. The summed E-state index contributed by atoms with van der Waals surface area (Å²) in [4.78, 5) is 25.9. The predicted molar refractivity (Wildman–Crippen MR) is 100 cm³/mol. The first kappa shape index (κ1) is 22.9. The Hall–Kier alpha value is -2.36. The number of carbonyl (C=O) groups excluding carboxylic acids is 1. The monoisotopic (exact) mass is 416 g/mol. The first-order valence-corrected chi connectivity index (χ1v) is 9.55. The maximum atomic E-state index is 12.8. The summed E-state index contributed by atoms with van der Waals surface area (Å²) in [6.07, 6.45) is 4.29. The van der Waals surface area contributed by atoms with Crippen LogP contribution >= 0.6 is 0 Å². The SMILES string of the molecule is CN(C)CCC1CN(C(=O)C2=CCCCC2)Cc2ccnn21.O=C(O)C(F)(F)F. The van der Waals surface area contributed by atoms with Crippen molar-refractivity contribution in [2.75, 3.05) is 27.2 Å². The number of aromatic nitrogens is 2. The van der Waals surface area contributed by atoms with Gasteiger partial charge in [0, 0.05) is 18.3 Å². The normalized spacial score (nSPS) is 19.2. The molecule has 0 fully saturated rings. The van der Waals surface area contributed by atoms with Crippen LogP contribution in [0.1, 0.15) is 43.8 Å². The molecule has 7 nitrogen and oxygen atoms in total. The lowest BCUT2D eigenvalue weighted by Crippen LogP contribution is -2.42. The molecule has 1 aliphatic heterocycles. The lowest BCUT2D eigenvalue weighted by atomic mass is 9.98. The summed E-state index contributed by atoms with van der Waals surface area (Å²) in [7, 11) is 4.17. The van der Waals surface area contributed by atoms with Crippen LogP contribution in [0.5, 0.6) is 0 Å². The average molecular weight is 416 g/mol. The van der Waals surface area contributed by atoms with Crippen molar-refractivity contribution in [1.29, 1.82) is 0 Å². The minimum absolute atomic E-state index is 0.238. The Labute approximate surface area is 167 Å². The maximum Gasteiger partial charge on any atom is 0.490 e. The van der Waals surface area contributed by atoms with Crippen molar-refractivity contribution in [3.05, 3.63) is 29.6 Å². The van der Waals surface area contributed by atoms with E-state index in [4.69, 9.17) is 9.90 Å². The smallest absolute Gasteiger partial charge is 0.475 e. The van der Waals surface area contributed by atoms with Crippen LogP contribution < -0.4 is 0 Å². The van der Waals surface area contributed by atoms with Crippen molar-refractivity contribution >= 4 is 11.9 Å². The van der Waals surface area contributed by atoms with E-state index in [1.54, 1.807) is 0 Å². The third kappa shape index (κ3) is 6.59. The number of nitrogens with zero attached hydrogens (tertiary/aromatic N) is 4. The van der Waals surface area contributed by atoms with E-state index < -0.39 is 12.1 Å². The van der Waals surface area contributed by atoms with Crippen LogP contribution in [0.2, 0.25) is 0 Å². The van der Waals surface area contributed by atoms with E-state index in [2.05, 4.69) is 34.9 Å². The van der Waals surface area contributed by atoms with Gasteiger partial charge < -0.3 is 14.9 Å². The molecule has 0 saturated carbocycles. The standard InChI is InChI=1S/C17H26N4O.C2HF3O2/c1-19(2)11-9-16-13-20(12-15-8-10-18-21(15)16)17(22)14-6-4-3-5-7-14;3-2(4,5)1(6)7/h6,8,10,16H,3-5,7,9,11-13H2,1-2H3;(H,6,7). The van der Waals surface area contributed by atoms with Crippen LogP contribution in [0.4, 0.5) is 13.2 Å². The third-order valence-corrected chi connectivity index (χ3v) is 4.89. The molecule has 1 N–H and O–H groups in total. The molecule has 2 aliphatic rings. The summed E-state index contributed by atoms with van der Waals surface area (Å²) >= 11 is 0. The highest BCUT2D eigenvalue weighted by molar-refractivity contribution is 5.93. The van der Waals surface area contributed by atoms with Gasteiger partial charge in [-0.3, -0.25) is 9.48 Å². The molecular weight excluding hydrogens is 389 g/mol. The summed E-state index contributed by atoms with van der Waals surface area (Å²) in [6.45, 7) is 2.47. The highest BCUT2D eigenvalue weighted by Crippen LogP contribution is 2.26. The molecule has 0 bridgehead atoms. The van der Waals surface area contributed by atoms with Crippen LogP contribution in [0.3, 0.4) is 0 Å². The van der Waals surface area contributed by atoms with Crippen LogP contribution in [0, 0.1) is 0 Å². The van der Waals surface area contributed by atoms with E-state index in [0.29, 0.717) is 6.54 Å². The number of rotatable bonds is 4. The maximum absolute atomic E-state index is 12.8. The van der Waals surface area contributed by atoms with E-state index in [9.17, 15) is 18.0 Å². The van der Waals surface area contributed by atoms with Crippen LogP contribution in [0.25, 0.3) is 0 Å². The largest absolute Gasteiger partial charge is 0.490 e.